The van der Waals surface area contributed by atoms with E-state index in [0.29, 0.717) is 5.56 Å². The summed E-state index contributed by atoms with van der Waals surface area (Å²) < 4.78 is 38.0. The van der Waals surface area contributed by atoms with E-state index in [1.54, 1.807) is 50.4 Å². The van der Waals surface area contributed by atoms with Gasteiger partial charge in [0, 0.05) is 25.3 Å². The summed E-state index contributed by atoms with van der Waals surface area (Å²) in [6.45, 7) is 6.28. The molecule has 0 fully saturated rings. The summed E-state index contributed by atoms with van der Waals surface area (Å²) in [7, 11) is 0. The van der Waals surface area contributed by atoms with E-state index in [0.717, 1.165) is 12.5 Å². The average molecular weight is 409 g/mol. The van der Waals surface area contributed by atoms with E-state index in [1.807, 2.05) is 0 Å². The number of carboxylic acid groups (broad SMARTS) is 1. The number of carboxylic acids is 1. The van der Waals surface area contributed by atoms with Crippen molar-refractivity contribution in [2.24, 2.45) is 5.92 Å². The van der Waals surface area contributed by atoms with E-state index in [9.17, 15) is 32.7 Å². The topological polar surface area (TPSA) is 95.5 Å². The SMILES string of the molecule is Cc1ccccc1C[C@H](NC(=O)[C@](C)(CC(C)C)NC(=O)C(F)(F)F)C(=O)O.[Li]. The third-order valence-electron chi connectivity index (χ3n) is 4.25. The first-order valence-corrected chi connectivity index (χ1v) is 8.74. The van der Waals surface area contributed by atoms with E-state index in [1.165, 1.54) is 0 Å². The summed E-state index contributed by atoms with van der Waals surface area (Å²) in [5.41, 5.74) is -0.418. The second kappa shape index (κ2) is 10.7. The number of halogens is 3. The number of aliphatic carboxylic acids is 1. The van der Waals surface area contributed by atoms with Crippen LogP contribution < -0.4 is 10.6 Å². The molecule has 1 rings (SSSR count). The van der Waals surface area contributed by atoms with Gasteiger partial charge in [0.15, 0.2) is 0 Å². The molecule has 2 amide bonds. The molecule has 2 atom stereocenters. The molecule has 0 heterocycles. The maximum atomic E-state index is 12.7. The molecule has 0 aliphatic rings. The van der Waals surface area contributed by atoms with Crippen molar-refractivity contribution in [2.75, 3.05) is 0 Å². The number of amides is 2. The zero-order chi connectivity index (χ0) is 21.7. The van der Waals surface area contributed by atoms with Crippen LogP contribution in [0, 0.1) is 12.8 Å². The molecule has 0 unspecified atom stereocenters. The van der Waals surface area contributed by atoms with Gasteiger partial charge >= 0.3 is 18.1 Å². The first kappa shape index (κ1) is 27.0. The Kier molecular flexibility index (Phi) is 9.96. The van der Waals surface area contributed by atoms with Crippen LogP contribution in [-0.4, -0.2) is 59.5 Å². The fraction of sp³-hybridized carbons (Fsp3) is 0.526. The van der Waals surface area contributed by atoms with Crippen molar-refractivity contribution in [1.29, 1.82) is 0 Å². The van der Waals surface area contributed by atoms with E-state index in [4.69, 9.17) is 0 Å². The van der Waals surface area contributed by atoms with Gasteiger partial charge < -0.3 is 15.7 Å². The van der Waals surface area contributed by atoms with Gasteiger partial charge in [0.25, 0.3) is 0 Å². The van der Waals surface area contributed by atoms with Gasteiger partial charge in [-0.2, -0.15) is 13.2 Å². The van der Waals surface area contributed by atoms with Crippen molar-refractivity contribution < 1.29 is 32.7 Å². The molecule has 29 heavy (non-hydrogen) atoms. The van der Waals surface area contributed by atoms with Gasteiger partial charge in [-0.25, -0.2) is 4.79 Å². The molecule has 1 aromatic carbocycles. The van der Waals surface area contributed by atoms with Crippen molar-refractivity contribution >= 4 is 36.6 Å². The van der Waals surface area contributed by atoms with Gasteiger partial charge in [-0.1, -0.05) is 38.1 Å². The molecule has 1 radical (unpaired) electrons. The fourth-order valence-corrected chi connectivity index (χ4v) is 2.92. The maximum Gasteiger partial charge on any atom is 0.471 e. The fourth-order valence-electron chi connectivity index (χ4n) is 2.92. The molecule has 0 saturated carbocycles. The molecule has 0 aliphatic heterocycles. The molecular weight excluding hydrogens is 384 g/mol. The number of hydrogen-bond donors (Lipinski definition) is 3. The number of alkyl halides is 3. The van der Waals surface area contributed by atoms with Crippen molar-refractivity contribution in [3.63, 3.8) is 0 Å². The van der Waals surface area contributed by atoms with Crippen LogP contribution in [0.2, 0.25) is 0 Å². The monoisotopic (exact) mass is 409 g/mol. The number of hydrogen-bond acceptors (Lipinski definition) is 3. The van der Waals surface area contributed by atoms with Crippen LogP contribution in [0.4, 0.5) is 13.2 Å². The normalized spacial score (nSPS) is 14.3. The summed E-state index contributed by atoms with van der Waals surface area (Å²) in [5, 5.41) is 13.4. The Bertz CT molecular complexity index is 740. The first-order chi connectivity index (χ1) is 12.8. The molecule has 0 aromatic heterocycles. The van der Waals surface area contributed by atoms with E-state index < -0.39 is 35.5 Å². The number of rotatable bonds is 8. The summed E-state index contributed by atoms with van der Waals surface area (Å²) in [6.07, 6.45) is -5.30. The van der Waals surface area contributed by atoms with E-state index in [2.05, 4.69) is 5.32 Å². The zero-order valence-electron chi connectivity index (χ0n) is 17.2. The van der Waals surface area contributed by atoms with Crippen LogP contribution >= 0.6 is 0 Å². The zero-order valence-corrected chi connectivity index (χ0v) is 17.2. The molecular formula is C19H25F3LiN2O4. The quantitative estimate of drug-likeness (QED) is 0.574. The average Bonchev–Trinajstić information content (AvgIpc) is 2.54. The predicted molar refractivity (Wildman–Crippen MR) is 102 cm³/mol. The summed E-state index contributed by atoms with van der Waals surface area (Å²) in [5.74, 6) is -4.80. The number of carbonyl (C=O) groups excluding carboxylic acids is 2. The van der Waals surface area contributed by atoms with Gasteiger partial charge in [-0.3, -0.25) is 9.59 Å². The number of nitrogens with one attached hydrogen (secondary N) is 2. The Morgan fingerprint density at radius 2 is 1.66 bits per heavy atom. The Morgan fingerprint density at radius 1 is 1.10 bits per heavy atom. The van der Waals surface area contributed by atoms with E-state index in [-0.39, 0.29) is 37.6 Å². The molecule has 0 aliphatic carbocycles. The molecule has 0 saturated heterocycles. The minimum Gasteiger partial charge on any atom is -0.480 e. The van der Waals surface area contributed by atoms with Gasteiger partial charge in [-0.15, -0.1) is 0 Å². The maximum absolute atomic E-state index is 12.7. The molecule has 0 spiro atoms. The summed E-state index contributed by atoms with van der Waals surface area (Å²) in [6, 6.07) is 5.62. The van der Waals surface area contributed by atoms with Gasteiger partial charge in [-0.05, 0) is 37.3 Å². The second-order valence-electron chi connectivity index (χ2n) is 7.38. The standard InChI is InChI=1S/C19H25F3N2O4.Li/c1-11(2)10-18(4,24-17(28)19(20,21)22)16(27)23-14(15(25)26)9-13-8-6-5-7-12(13)3;/h5-8,11,14H,9-10H2,1-4H3,(H,23,27)(H,24,28)(H,25,26);/t14-,18-;/m0./s1. The Morgan fingerprint density at radius 3 is 2.10 bits per heavy atom. The molecule has 157 valence electrons. The van der Waals surface area contributed by atoms with Crippen LogP contribution in [-0.2, 0) is 20.8 Å². The third-order valence-corrected chi connectivity index (χ3v) is 4.25. The number of aryl methyl sites for hydroxylation is 1. The molecule has 3 N–H and O–H groups in total. The predicted octanol–water partition coefficient (Wildman–Crippen LogP) is 2.21. The van der Waals surface area contributed by atoms with Gasteiger partial charge in [0.1, 0.15) is 11.6 Å². The van der Waals surface area contributed by atoms with Gasteiger partial charge in [0.05, 0.1) is 0 Å². The molecule has 1 aromatic rings. The van der Waals surface area contributed by atoms with Crippen LogP contribution in [0.25, 0.3) is 0 Å². The number of carbonyl (C=O) groups is 3. The van der Waals surface area contributed by atoms with Crippen LogP contribution in [0.15, 0.2) is 24.3 Å². The Balaban J connectivity index is 0.00000784. The Hall–Kier alpha value is -1.98. The summed E-state index contributed by atoms with van der Waals surface area (Å²) in [4.78, 5) is 35.7. The molecule has 6 nitrogen and oxygen atoms in total. The van der Waals surface area contributed by atoms with Crippen LogP contribution in [0.3, 0.4) is 0 Å². The van der Waals surface area contributed by atoms with E-state index >= 15 is 0 Å². The second-order valence-corrected chi connectivity index (χ2v) is 7.38. The van der Waals surface area contributed by atoms with Crippen molar-refractivity contribution in [1.82, 2.24) is 10.6 Å². The molecule has 10 heteroatoms. The number of benzene rings is 1. The largest absolute Gasteiger partial charge is 0.480 e. The van der Waals surface area contributed by atoms with Crippen molar-refractivity contribution in [3.05, 3.63) is 35.4 Å². The van der Waals surface area contributed by atoms with Crippen LogP contribution in [0.1, 0.15) is 38.3 Å². The third kappa shape index (κ3) is 8.11. The smallest absolute Gasteiger partial charge is 0.471 e. The first-order valence-electron chi connectivity index (χ1n) is 8.74. The minimum atomic E-state index is -5.16. The van der Waals surface area contributed by atoms with Gasteiger partial charge in [0.2, 0.25) is 5.91 Å². The Labute approximate surface area is 179 Å². The van der Waals surface area contributed by atoms with Crippen molar-refractivity contribution in [3.8, 4) is 0 Å². The van der Waals surface area contributed by atoms with Crippen molar-refractivity contribution in [2.45, 2.75) is 58.3 Å². The molecule has 0 bridgehead atoms. The summed E-state index contributed by atoms with van der Waals surface area (Å²) >= 11 is 0. The minimum absolute atomic E-state index is 0. The van der Waals surface area contributed by atoms with Crippen LogP contribution in [0.5, 0.6) is 0 Å².